The average Bonchev–Trinajstić information content (AvgIpc) is 3.67. The van der Waals surface area contributed by atoms with Crippen LogP contribution in [0.3, 0.4) is 0 Å². The molecular weight excluding hydrogens is 445 g/mol. The number of hydrogen-bond donors (Lipinski definition) is 1. The van der Waals surface area contributed by atoms with Crippen molar-refractivity contribution >= 4 is 38.7 Å². The molecule has 0 atom stereocenters. The summed E-state index contributed by atoms with van der Waals surface area (Å²) in [5, 5.41) is 10.9. The lowest BCUT2D eigenvalue weighted by molar-refractivity contribution is 0.0694. The second kappa shape index (κ2) is 8.30. The van der Waals surface area contributed by atoms with Crippen molar-refractivity contribution in [1.82, 2.24) is 9.55 Å². The number of benzene rings is 3. The highest BCUT2D eigenvalue weighted by molar-refractivity contribution is 5.93. The quantitative estimate of drug-likeness (QED) is 0.264. The van der Waals surface area contributed by atoms with E-state index in [9.17, 15) is 22.8 Å². The number of fused-ring (bicyclic) bond motifs is 3. The molecule has 1 saturated carbocycles. The number of halogens is 3. The normalized spacial score (nSPS) is 13.1. The van der Waals surface area contributed by atoms with Gasteiger partial charge in [-0.3, -0.25) is 4.79 Å². The molecule has 6 rings (SSSR count). The summed E-state index contributed by atoms with van der Waals surface area (Å²) in [6.07, 6.45) is 2.32. The Morgan fingerprint density at radius 2 is 1.50 bits per heavy atom. The van der Waals surface area contributed by atoms with Gasteiger partial charge in [0, 0.05) is 23.0 Å². The van der Waals surface area contributed by atoms with Crippen molar-refractivity contribution in [2.45, 2.75) is 18.9 Å². The van der Waals surface area contributed by atoms with E-state index in [4.69, 9.17) is 5.11 Å². The number of pyridine rings is 2. The third-order valence-corrected chi connectivity index (χ3v) is 5.75. The largest absolute Gasteiger partial charge is 0.477 e. The van der Waals surface area contributed by atoms with Crippen LogP contribution < -0.4 is 5.43 Å². The summed E-state index contributed by atoms with van der Waals surface area (Å²) in [4.78, 5) is 27.5. The average molecular weight is 462 g/mol. The molecule has 170 valence electrons. The van der Waals surface area contributed by atoms with Crippen molar-refractivity contribution in [2.75, 3.05) is 0 Å². The summed E-state index contributed by atoms with van der Waals surface area (Å²) >= 11 is 0. The van der Waals surface area contributed by atoms with Gasteiger partial charge in [0.2, 0.25) is 5.43 Å². The smallest absolute Gasteiger partial charge is 0.341 e. The van der Waals surface area contributed by atoms with Crippen LogP contribution >= 0.6 is 0 Å². The second-order valence-electron chi connectivity index (χ2n) is 8.07. The molecule has 2 aromatic heterocycles. The monoisotopic (exact) mass is 462 g/mol. The van der Waals surface area contributed by atoms with Gasteiger partial charge in [0.25, 0.3) is 0 Å². The number of carboxylic acid groups (broad SMARTS) is 1. The van der Waals surface area contributed by atoms with Gasteiger partial charge in [0.1, 0.15) is 5.56 Å². The highest BCUT2D eigenvalue weighted by atomic mass is 19.2. The molecule has 3 aromatic carbocycles. The van der Waals surface area contributed by atoms with E-state index in [0.717, 1.165) is 17.2 Å². The molecular formula is C26H17F3N2O3. The first kappa shape index (κ1) is 21.6. The van der Waals surface area contributed by atoms with Gasteiger partial charge in [0.15, 0.2) is 17.5 Å². The van der Waals surface area contributed by atoms with E-state index in [1.54, 1.807) is 0 Å². The maximum absolute atomic E-state index is 13.9. The first-order valence-electron chi connectivity index (χ1n) is 10.6. The number of carbonyl (C=O) groups is 1. The van der Waals surface area contributed by atoms with Crippen LogP contribution in [0.2, 0.25) is 0 Å². The fourth-order valence-electron chi connectivity index (χ4n) is 3.93. The van der Waals surface area contributed by atoms with E-state index in [-0.39, 0.29) is 11.6 Å². The maximum atomic E-state index is 13.9. The minimum Gasteiger partial charge on any atom is -0.477 e. The molecule has 1 fully saturated rings. The molecule has 0 aliphatic heterocycles. The van der Waals surface area contributed by atoms with Gasteiger partial charge in [-0.1, -0.05) is 36.4 Å². The zero-order valence-corrected chi connectivity index (χ0v) is 17.6. The van der Waals surface area contributed by atoms with Gasteiger partial charge in [-0.05, 0) is 37.1 Å². The molecule has 5 nitrogen and oxygen atoms in total. The summed E-state index contributed by atoms with van der Waals surface area (Å²) < 4.78 is 41.7. The van der Waals surface area contributed by atoms with Crippen LogP contribution in [-0.2, 0) is 0 Å². The number of hydrogen-bond acceptors (Lipinski definition) is 3. The number of aromatic carboxylic acids is 1. The number of carboxylic acids is 1. The fraction of sp³-hybridized carbons (Fsp3) is 0.115. The Labute approximate surface area is 190 Å². The molecule has 0 saturated heterocycles. The van der Waals surface area contributed by atoms with E-state index in [1.807, 2.05) is 36.4 Å². The molecule has 34 heavy (non-hydrogen) atoms. The summed E-state index contributed by atoms with van der Waals surface area (Å²) in [7, 11) is 0. The fourth-order valence-corrected chi connectivity index (χ4v) is 3.93. The Morgan fingerprint density at radius 1 is 0.912 bits per heavy atom. The third-order valence-electron chi connectivity index (χ3n) is 5.75. The van der Waals surface area contributed by atoms with E-state index in [0.29, 0.717) is 18.9 Å². The van der Waals surface area contributed by atoms with Crippen LogP contribution in [0.5, 0.6) is 0 Å². The van der Waals surface area contributed by atoms with Crippen molar-refractivity contribution in [3.05, 3.63) is 100 Å². The molecule has 1 N–H and O–H groups in total. The van der Waals surface area contributed by atoms with E-state index < -0.39 is 39.8 Å². The van der Waals surface area contributed by atoms with Crippen molar-refractivity contribution in [2.24, 2.45) is 0 Å². The number of rotatable bonds is 2. The van der Waals surface area contributed by atoms with Gasteiger partial charge >= 0.3 is 5.97 Å². The maximum Gasteiger partial charge on any atom is 0.341 e. The Hall–Kier alpha value is -4.20. The Balaban J connectivity index is 0.000000150. The first-order valence-corrected chi connectivity index (χ1v) is 10.6. The Kier molecular flexibility index (Phi) is 5.28. The summed E-state index contributed by atoms with van der Waals surface area (Å²) in [6, 6.07) is 18.9. The van der Waals surface area contributed by atoms with Crippen molar-refractivity contribution in [3.8, 4) is 0 Å². The van der Waals surface area contributed by atoms with Crippen LogP contribution in [-0.4, -0.2) is 20.6 Å². The molecule has 1 aliphatic carbocycles. The topological polar surface area (TPSA) is 72.2 Å². The minimum absolute atomic E-state index is 0.199. The highest BCUT2D eigenvalue weighted by Crippen LogP contribution is 2.38. The standard InChI is InChI=1S/C13H8F3NO3.C13H9N/c14-8-3-6-11(10(16)9(8)15)17(5-1-2-5)4-7(12(6)18)13(19)20;1-3-7-12-10(5-1)9-11-6-2-4-8-13(11)14-12/h3-5H,1-2H2,(H,19,20);1-9H. The van der Waals surface area contributed by atoms with Gasteiger partial charge in [-0.15, -0.1) is 0 Å². The molecule has 8 heteroatoms. The van der Waals surface area contributed by atoms with Crippen molar-refractivity contribution in [1.29, 1.82) is 0 Å². The highest BCUT2D eigenvalue weighted by Gasteiger charge is 2.29. The van der Waals surface area contributed by atoms with Crippen LogP contribution in [0.25, 0.3) is 32.7 Å². The first-order chi connectivity index (χ1) is 16.3. The van der Waals surface area contributed by atoms with Crippen LogP contribution in [0, 0.1) is 17.5 Å². The van der Waals surface area contributed by atoms with Crippen LogP contribution in [0.4, 0.5) is 13.2 Å². The number of para-hydroxylation sites is 2. The van der Waals surface area contributed by atoms with Crippen LogP contribution in [0.1, 0.15) is 29.2 Å². The lowest BCUT2D eigenvalue weighted by Crippen LogP contribution is -2.20. The SMILES string of the molecule is O=C(O)c1cn(C2CC2)c2c(F)c(F)c(F)cc2c1=O.c1ccc2nc3ccccc3cc2c1. The van der Waals surface area contributed by atoms with Gasteiger partial charge in [0.05, 0.1) is 21.9 Å². The number of nitrogens with zero attached hydrogens (tertiary/aromatic N) is 2. The van der Waals surface area contributed by atoms with E-state index >= 15 is 0 Å². The molecule has 0 unspecified atom stereocenters. The molecule has 5 aromatic rings. The number of aromatic nitrogens is 2. The molecule has 2 heterocycles. The van der Waals surface area contributed by atoms with Crippen molar-refractivity contribution < 1.29 is 23.1 Å². The lowest BCUT2D eigenvalue weighted by atomic mass is 10.1. The predicted molar refractivity (Wildman–Crippen MR) is 123 cm³/mol. The van der Waals surface area contributed by atoms with Gasteiger partial charge < -0.3 is 9.67 Å². The van der Waals surface area contributed by atoms with E-state index in [2.05, 4.69) is 23.2 Å². The zero-order valence-electron chi connectivity index (χ0n) is 17.6. The van der Waals surface area contributed by atoms with Crippen molar-refractivity contribution in [3.63, 3.8) is 0 Å². The summed E-state index contributed by atoms with van der Waals surface area (Å²) in [6.45, 7) is 0. The summed E-state index contributed by atoms with van der Waals surface area (Å²) in [5.74, 6) is -6.15. The van der Waals surface area contributed by atoms with Gasteiger partial charge in [-0.25, -0.2) is 22.9 Å². The predicted octanol–water partition coefficient (Wildman–Crippen LogP) is 5.84. The molecule has 0 spiro atoms. The summed E-state index contributed by atoms with van der Waals surface area (Å²) in [5.41, 5.74) is 0.121. The molecule has 0 bridgehead atoms. The third kappa shape index (κ3) is 3.77. The lowest BCUT2D eigenvalue weighted by Gasteiger charge is -2.12. The minimum atomic E-state index is -1.67. The molecule has 0 amide bonds. The Morgan fingerprint density at radius 3 is 2.06 bits per heavy atom. The van der Waals surface area contributed by atoms with Crippen LogP contribution in [0.15, 0.2) is 71.7 Å². The molecule has 0 radical (unpaired) electrons. The van der Waals surface area contributed by atoms with E-state index in [1.165, 1.54) is 15.3 Å². The van der Waals surface area contributed by atoms with Gasteiger partial charge in [-0.2, -0.15) is 0 Å². The molecule has 1 aliphatic rings. The Bertz CT molecular complexity index is 1550. The second-order valence-corrected chi connectivity index (χ2v) is 8.07. The zero-order chi connectivity index (χ0) is 24.0.